The summed E-state index contributed by atoms with van der Waals surface area (Å²) in [4.78, 5) is 11.7. The van der Waals surface area contributed by atoms with E-state index >= 15 is 0 Å². The van der Waals surface area contributed by atoms with Gasteiger partial charge in [0.25, 0.3) is 0 Å². The van der Waals surface area contributed by atoms with Crippen LogP contribution in [0.2, 0.25) is 0 Å². The lowest BCUT2D eigenvalue weighted by Gasteiger charge is -2.13. The fraction of sp³-hybridized carbons (Fsp3) is 0.375. The fourth-order valence-electron chi connectivity index (χ4n) is 1.93. The van der Waals surface area contributed by atoms with Gasteiger partial charge in [-0.15, -0.1) is 0 Å². The molecule has 2 N–H and O–H groups in total. The van der Waals surface area contributed by atoms with Crippen LogP contribution in [-0.2, 0) is 11.8 Å². The van der Waals surface area contributed by atoms with E-state index in [4.69, 9.17) is 9.47 Å². The number of aliphatic hydroxyl groups is 1. The Morgan fingerprint density at radius 2 is 2.30 bits per heavy atom. The lowest BCUT2D eigenvalue weighted by atomic mass is 10.2. The Hall–Kier alpha value is -2.54. The Morgan fingerprint density at radius 3 is 3.00 bits per heavy atom. The maximum Gasteiger partial charge on any atom is 0.338 e. The molecule has 1 heterocycles. The van der Waals surface area contributed by atoms with Crippen LogP contribution in [0.15, 0.2) is 36.7 Å². The van der Waals surface area contributed by atoms with Gasteiger partial charge in [0.1, 0.15) is 18.5 Å². The number of esters is 1. The average molecular weight is 319 g/mol. The Morgan fingerprint density at radius 1 is 1.48 bits per heavy atom. The first kappa shape index (κ1) is 16.8. The van der Waals surface area contributed by atoms with Gasteiger partial charge in [-0.25, -0.2) is 4.79 Å². The number of rotatable bonds is 8. The van der Waals surface area contributed by atoms with E-state index in [9.17, 15) is 9.90 Å². The molecule has 2 rings (SSSR count). The predicted octanol–water partition coefficient (Wildman–Crippen LogP) is 1.45. The number of aliphatic hydroxyl groups excluding tert-OH is 1. The highest BCUT2D eigenvalue weighted by Gasteiger charge is 2.09. The van der Waals surface area contributed by atoms with Gasteiger partial charge in [0.05, 0.1) is 24.1 Å². The van der Waals surface area contributed by atoms with Gasteiger partial charge in [-0.1, -0.05) is 6.07 Å². The van der Waals surface area contributed by atoms with E-state index in [0.29, 0.717) is 24.5 Å². The smallest absolute Gasteiger partial charge is 0.338 e. The number of nitrogens with zero attached hydrogens (tertiary/aromatic N) is 2. The van der Waals surface area contributed by atoms with E-state index in [1.807, 2.05) is 13.2 Å². The van der Waals surface area contributed by atoms with E-state index in [0.717, 1.165) is 5.69 Å². The van der Waals surface area contributed by atoms with Crippen molar-refractivity contribution in [2.75, 3.05) is 25.1 Å². The van der Waals surface area contributed by atoms with Crippen molar-refractivity contribution in [3.63, 3.8) is 0 Å². The maximum absolute atomic E-state index is 11.7. The number of anilines is 1. The Bertz CT molecular complexity index is 642. The molecular formula is C16H21N3O4. The molecule has 1 aromatic carbocycles. The summed E-state index contributed by atoms with van der Waals surface area (Å²) < 4.78 is 12.1. The molecule has 7 nitrogen and oxygen atoms in total. The highest BCUT2D eigenvalue weighted by Crippen LogP contribution is 2.14. The minimum absolute atomic E-state index is 0.111. The van der Waals surface area contributed by atoms with Crippen LogP contribution in [0.5, 0.6) is 5.75 Å². The summed E-state index contributed by atoms with van der Waals surface area (Å²) in [6.07, 6.45) is 2.80. The van der Waals surface area contributed by atoms with Crippen molar-refractivity contribution in [3.05, 3.63) is 42.2 Å². The van der Waals surface area contributed by atoms with Crippen molar-refractivity contribution in [1.29, 1.82) is 0 Å². The van der Waals surface area contributed by atoms with Gasteiger partial charge in [0.15, 0.2) is 0 Å². The number of nitrogens with one attached hydrogen (secondary N) is 1. The third-order valence-electron chi connectivity index (χ3n) is 3.03. The second-order valence-electron chi connectivity index (χ2n) is 5.00. The average Bonchev–Trinajstić information content (AvgIpc) is 2.97. The third kappa shape index (κ3) is 5.30. The van der Waals surface area contributed by atoms with Crippen LogP contribution in [-0.4, -0.2) is 46.7 Å². The zero-order chi connectivity index (χ0) is 16.7. The molecular weight excluding hydrogens is 298 g/mol. The van der Waals surface area contributed by atoms with E-state index in [1.165, 1.54) is 0 Å². The van der Waals surface area contributed by atoms with Crippen LogP contribution in [0, 0.1) is 0 Å². The minimum Gasteiger partial charge on any atom is -0.491 e. The van der Waals surface area contributed by atoms with Crippen molar-refractivity contribution in [2.24, 2.45) is 7.05 Å². The molecule has 0 aliphatic carbocycles. The second-order valence-corrected chi connectivity index (χ2v) is 5.00. The molecule has 23 heavy (non-hydrogen) atoms. The van der Waals surface area contributed by atoms with Crippen molar-refractivity contribution in [2.45, 2.75) is 13.0 Å². The molecule has 0 saturated carbocycles. The zero-order valence-corrected chi connectivity index (χ0v) is 13.2. The lowest BCUT2D eigenvalue weighted by molar-refractivity contribution is 0.0525. The van der Waals surface area contributed by atoms with Gasteiger partial charge in [-0.2, -0.15) is 5.10 Å². The highest BCUT2D eigenvalue weighted by molar-refractivity contribution is 5.89. The molecule has 1 aromatic heterocycles. The summed E-state index contributed by atoms with van der Waals surface area (Å²) in [5.74, 6) is 0.118. The van der Waals surface area contributed by atoms with Crippen LogP contribution < -0.4 is 10.1 Å². The molecule has 0 amide bonds. The van der Waals surface area contributed by atoms with E-state index in [1.54, 1.807) is 42.1 Å². The quantitative estimate of drug-likeness (QED) is 0.716. The summed E-state index contributed by atoms with van der Waals surface area (Å²) in [5.41, 5.74) is 1.25. The molecule has 0 bridgehead atoms. The van der Waals surface area contributed by atoms with Gasteiger partial charge in [-0.3, -0.25) is 4.68 Å². The molecule has 0 spiro atoms. The summed E-state index contributed by atoms with van der Waals surface area (Å²) in [7, 11) is 1.82. The maximum atomic E-state index is 11.7. The fourth-order valence-corrected chi connectivity index (χ4v) is 1.93. The number of benzene rings is 1. The van der Waals surface area contributed by atoms with Crippen molar-refractivity contribution in [3.8, 4) is 5.75 Å². The van der Waals surface area contributed by atoms with Gasteiger partial charge in [0.2, 0.25) is 0 Å². The van der Waals surface area contributed by atoms with Crippen LogP contribution in [0.1, 0.15) is 17.3 Å². The molecule has 7 heteroatoms. The molecule has 0 saturated heterocycles. The molecule has 124 valence electrons. The van der Waals surface area contributed by atoms with E-state index < -0.39 is 12.1 Å². The number of aryl methyl sites for hydroxylation is 1. The molecule has 0 radical (unpaired) electrons. The normalized spacial score (nSPS) is 11.8. The summed E-state index contributed by atoms with van der Waals surface area (Å²) in [5, 5.41) is 17.0. The minimum atomic E-state index is -0.693. The number of hydrogen-bond donors (Lipinski definition) is 2. The molecule has 1 unspecified atom stereocenters. The first-order valence-corrected chi connectivity index (χ1v) is 7.39. The van der Waals surface area contributed by atoms with Gasteiger partial charge >= 0.3 is 5.97 Å². The second kappa shape index (κ2) is 8.19. The lowest BCUT2D eigenvalue weighted by Crippen LogP contribution is -2.26. The van der Waals surface area contributed by atoms with Gasteiger partial charge < -0.3 is 19.9 Å². The Balaban J connectivity index is 1.80. The summed E-state index contributed by atoms with van der Waals surface area (Å²) in [6, 6.07) is 6.69. The van der Waals surface area contributed by atoms with Gasteiger partial charge in [0, 0.05) is 19.8 Å². The predicted molar refractivity (Wildman–Crippen MR) is 85.6 cm³/mol. The van der Waals surface area contributed by atoms with Crippen molar-refractivity contribution < 1.29 is 19.4 Å². The summed E-state index contributed by atoms with van der Waals surface area (Å²) in [6.45, 7) is 2.52. The van der Waals surface area contributed by atoms with E-state index in [-0.39, 0.29) is 6.61 Å². The number of ether oxygens (including phenoxy) is 2. The number of aromatic nitrogens is 2. The number of hydrogen-bond acceptors (Lipinski definition) is 6. The SMILES string of the molecule is CCOC(=O)c1cccc(OCC(O)CNc2cnn(C)c2)c1. The monoisotopic (exact) mass is 319 g/mol. The van der Waals surface area contributed by atoms with Crippen molar-refractivity contribution in [1.82, 2.24) is 9.78 Å². The van der Waals surface area contributed by atoms with Crippen LogP contribution >= 0.6 is 0 Å². The number of carbonyl (C=O) groups excluding carboxylic acids is 1. The molecule has 2 aromatic rings. The Kier molecular flexibility index (Phi) is 5.99. The van der Waals surface area contributed by atoms with Gasteiger partial charge in [-0.05, 0) is 25.1 Å². The first-order chi connectivity index (χ1) is 11.1. The molecule has 0 aliphatic heterocycles. The largest absolute Gasteiger partial charge is 0.491 e. The van der Waals surface area contributed by atoms with Crippen LogP contribution in [0.4, 0.5) is 5.69 Å². The molecule has 0 fully saturated rings. The standard InChI is InChI=1S/C16H21N3O4/c1-3-22-16(21)12-5-4-6-15(7-12)23-11-14(20)9-17-13-8-18-19(2)10-13/h4-8,10,14,17,20H,3,9,11H2,1-2H3. The van der Waals surface area contributed by atoms with Crippen molar-refractivity contribution >= 4 is 11.7 Å². The molecule has 1 atom stereocenters. The van der Waals surface area contributed by atoms with Crippen LogP contribution in [0.25, 0.3) is 0 Å². The topological polar surface area (TPSA) is 85.6 Å². The van der Waals surface area contributed by atoms with Crippen LogP contribution in [0.3, 0.4) is 0 Å². The first-order valence-electron chi connectivity index (χ1n) is 7.39. The summed E-state index contributed by atoms with van der Waals surface area (Å²) >= 11 is 0. The third-order valence-corrected chi connectivity index (χ3v) is 3.03. The van der Waals surface area contributed by atoms with E-state index in [2.05, 4.69) is 10.4 Å². The Labute approximate surface area is 134 Å². The zero-order valence-electron chi connectivity index (χ0n) is 13.2. The number of carbonyl (C=O) groups is 1. The highest BCUT2D eigenvalue weighted by atomic mass is 16.5. The molecule has 0 aliphatic rings.